The van der Waals surface area contributed by atoms with Gasteiger partial charge in [0.05, 0.1) is 21.9 Å². The number of benzene rings is 4. The summed E-state index contributed by atoms with van der Waals surface area (Å²) in [5.41, 5.74) is 2.63. The first-order valence-corrected chi connectivity index (χ1v) is 10.7. The number of rotatable bonds is 6. The van der Waals surface area contributed by atoms with E-state index in [1.165, 1.54) is 24.3 Å². The summed E-state index contributed by atoms with van der Waals surface area (Å²) < 4.78 is 27.7. The minimum Gasteiger partial charge on any atom is -0.298 e. The van der Waals surface area contributed by atoms with Gasteiger partial charge in [0, 0.05) is 0 Å². The van der Waals surface area contributed by atoms with E-state index in [1.54, 1.807) is 12.1 Å². The van der Waals surface area contributed by atoms with Crippen molar-refractivity contribution in [2.45, 2.75) is 11.8 Å². The molecule has 0 radical (unpaired) electrons. The number of hydrogen-bond donors (Lipinski definition) is 0. The van der Waals surface area contributed by atoms with E-state index < -0.39 is 23.5 Å². The van der Waals surface area contributed by atoms with Gasteiger partial charge in [-0.2, -0.15) is 0 Å². The lowest BCUT2D eigenvalue weighted by Gasteiger charge is -2.25. The van der Waals surface area contributed by atoms with Crippen molar-refractivity contribution >= 4 is 29.0 Å². The van der Waals surface area contributed by atoms with Crippen molar-refractivity contribution in [3.05, 3.63) is 141 Å². The molecule has 4 rings (SSSR count). The lowest BCUT2D eigenvalue weighted by Crippen LogP contribution is -2.23. The van der Waals surface area contributed by atoms with Gasteiger partial charge in [-0.05, 0) is 46.5 Å². The molecule has 0 aliphatic rings. The van der Waals surface area contributed by atoms with E-state index in [1.807, 2.05) is 60.7 Å². The van der Waals surface area contributed by atoms with Crippen LogP contribution in [0.15, 0.2) is 97.1 Å². The molecule has 0 heterocycles. The molecule has 0 saturated carbocycles. The van der Waals surface area contributed by atoms with Gasteiger partial charge in [0.25, 0.3) is 0 Å². The number of Topliss-reactive ketones (excluding diaryl/α,β-unsaturated/α-hetero) is 1. The van der Waals surface area contributed by atoms with Crippen LogP contribution in [0.4, 0.5) is 8.78 Å². The highest BCUT2D eigenvalue weighted by Gasteiger charge is 2.32. The van der Waals surface area contributed by atoms with Crippen molar-refractivity contribution in [3.63, 3.8) is 0 Å². The predicted octanol–water partition coefficient (Wildman–Crippen LogP) is 7.80. The van der Waals surface area contributed by atoms with Crippen LogP contribution < -0.4 is 0 Å². The Hall–Kier alpha value is -3.01. The molecular weight excluding hydrogens is 449 g/mol. The second kappa shape index (κ2) is 9.64. The molecule has 160 valence electrons. The second-order valence-electron chi connectivity index (χ2n) is 7.44. The normalized spacial score (nSPS) is 12.9. The van der Waals surface area contributed by atoms with Gasteiger partial charge in [-0.3, -0.25) is 4.79 Å². The zero-order valence-corrected chi connectivity index (χ0v) is 18.3. The molecule has 0 bridgehead atoms. The van der Waals surface area contributed by atoms with Crippen LogP contribution in [-0.4, -0.2) is 5.78 Å². The fraction of sp³-hybridized carbons (Fsp3) is 0.0741. The van der Waals surface area contributed by atoms with Crippen LogP contribution >= 0.6 is 23.2 Å². The van der Waals surface area contributed by atoms with Gasteiger partial charge in [-0.15, -0.1) is 0 Å². The average molecular weight is 467 g/mol. The van der Waals surface area contributed by atoms with Crippen LogP contribution in [0.25, 0.3) is 0 Å². The molecule has 0 amide bonds. The number of ketones is 1. The highest BCUT2D eigenvalue weighted by atomic mass is 35.5. The van der Waals surface area contributed by atoms with Gasteiger partial charge in [0.2, 0.25) is 0 Å². The third kappa shape index (κ3) is 4.59. The van der Waals surface area contributed by atoms with Gasteiger partial charge in [-0.25, -0.2) is 8.78 Å². The van der Waals surface area contributed by atoms with Gasteiger partial charge in [0.1, 0.15) is 11.6 Å². The minimum atomic E-state index is -0.719. The second-order valence-corrected chi connectivity index (χ2v) is 8.25. The van der Waals surface area contributed by atoms with E-state index in [4.69, 9.17) is 23.2 Å². The highest BCUT2D eigenvalue weighted by Crippen LogP contribution is 2.37. The van der Waals surface area contributed by atoms with Crippen molar-refractivity contribution < 1.29 is 13.6 Å². The maximum atomic E-state index is 14.2. The molecule has 1 nitrogen and oxygen atoms in total. The van der Waals surface area contributed by atoms with E-state index in [9.17, 15) is 13.6 Å². The van der Waals surface area contributed by atoms with Crippen molar-refractivity contribution in [2.24, 2.45) is 0 Å². The van der Waals surface area contributed by atoms with Gasteiger partial charge in [0.15, 0.2) is 5.78 Å². The van der Waals surface area contributed by atoms with Crippen LogP contribution in [0.5, 0.6) is 0 Å². The summed E-state index contributed by atoms with van der Waals surface area (Å²) in [7, 11) is 0. The van der Waals surface area contributed by atoms with Crippen molar-refractivity contribution in [1.82, 2.24) is 0 Å². The lowest BCUT2D eigenvalue weighted by molar-refractivity contribution is -0.120. The Bertz CT molecular complexity index is 1150. The molecule has 0 aromatic heterocycles. The number of hydrogen-bond acceptors (Lipinski definition) is 1. The smallest absolute Gasteiger partial charge is 0.156 e. The molecule has 0 spiro atoms. The summed E-state index contributed by atoms with van der Waals surface area (Å²) in [4.78, 5) is 14.2. The lowest BCUT2D eigenvalue weighted by atomic mass is 9.77. The molecule has 4 aromatic carbocycles. The summed E-state index contributed by atoms with van der Waals surface area (Å²) in [5.74, 6) is -2.71. The summed E-state index contributed by atoms with van der Waals surface area (Å²) in [6.07, 6.45) is 0. The van der Waals surface area contributed by atoms with Gasteiger partial charge in [-0.1, -0.05) is 96.0 Å². The molecule has 5 heteroatoms. The first kappa shape index (κ1) is 22.2. The summed E-state index contributed by atoms with van der Waals surface area (Å²) in [5, 5.41) is -0.116. The Morgan fingerprint density at radius 2 is 0.938 bits per heavy atom. The number of carbonyl (C=O) groups is 1. The van der Waals surface area contributed by atoms with Crippen molar-refractivity contribution in [1.29, 1.82) is 0 Å². The maximum absolute atomic E-state index is 14.2. The summed E-state index contributed by atoms with van der Waals surface area (Å²) in [6, 6.07) is 27.1. The Labute approximate surface area is 195 Å². The van der Waals surface area contributed by atoms with Crippen LogP contribution in [-0.2, 0) is 4.79 Å². The third-order valence-corrected chi connectivity index (χ3v) is 5.97. The molecule has 32 heavy (non-hydrogen) atoms. The summed E-state index contributed by atoms with van der Waals surface area (Å²) in [6.45, 7) is 0. The van der Waals surface area contributed by atoms with E-state index in [0.29, 0.717) is 11.1 Å². The van der Waals surface area contributed by atoms with Crippen LogP contribution in [0.1, 0.15) is 34.1 Å². The Balaban J connectivity index is 1.90. The molecular formula is C27H18Cl2F2O. The first-order chi connectivity index (χ1) is 15.5. The van der Waals surface area contributed by atoms with Crippen LogP contribution in [0, 0.1) is 11.6 Å². The minimum absolute atomic E-state index is 0.0580. The van der Waals surface area contributed by atoms with Crippen molar-refractivity contribution in [3.8, 4) is 0 Å². The molecule has 2 atom stereocenters. The monoisotopic (exact) mass is 466 g/mol. The number of carbonyl (C=O) groups excluding carboxylic acids is 1. The quantitative estimate of drug-likeness (QED) is 0.283. The molecule has 0 saturated heterocycles. The molecule has 0 fully saturated rings. The maximum Gasteiger partial charge on any atom is 0.156 e. The van der Waals surface area contributed by atoms with E-state index in [-0.39, 0.29) is 15.8 Å². The van der Waals surface area contributed by atoms with Crippen molar-refractivity contribution in [2.75, 3.05) is 0 Å². The highest BCUT2D eigenvalue weighted by molar-refractivity contribution is 6.31. The van der Waals surface area contributed by atoms with Gasteiger partial charge < -0.3 is 0 Å². The SMILES string of the molecule is O=C(C(c1ccccc1)c1ccc(F)c(Cl)c1)C(c1ccccc1)c1ccc(F)c(Cl)c1. The van der Waals surface area contributed by atoms with Gasteiger partial charge >= 0.3 is 0 Å². The first-order valence-electron chi connectivity index (χ1n) is 9.99. The van der Waals surface area contributed by atoms with E-state index >= 15 is 0 Å². The standard InChI is InChI=1S/C27H18Cl2F2O/c28-21-15-19(11-13-23(21)30)25(17-7-3-1-4-8-17)27(32)26(18-9-5-2-6-10-18)20-12-14-24(31)22(29)16-20/h1-16,25-26H. The molecule has 0 N–H and O–H groups in total. The topological polar surface area (TPSA) is 17.1 Å². The average Bonchev–Trinajstić information content (AvgIpc) is 2.80. The Morgan fingerprint density at radius 1 is 0.562 bits per heavy atom. The van der Waals surface area contributed by atoms with Crippen LogP contribution in [0.2, 0.25) is 10.0 Å². The third-order valence-electron chi connectivity index (χ3n) is 5.39. The van der Waals surface area contributed by atoms with E-state index in [2.05, 4.69) is 0 Å². The van der Waals surface area contributed by atoms with E-state index in [0.717, 1.165) is 11.1 Å². The van der Waals surface area contributed by atoms with Crippen LogP contribution in [0.3, 0.4) is 0 Å². The fourth-order valence-electron chi connectivity index (χ4n) is 3.88. The Morgan fingerprint density at radius 3 is 1.28 bits per heavy atom. The predicted molar refractivity (Wildman–Crippen MR) is 124 cm³/mol. The molecule has 0 aliphatic heterocycles. The molecule has 2 unspecified atom stereocenters. The fourth-order valence-corrected chi connectivity index (χ4v) is 4.26. The zero-order chi connectivity index (χ0) is 22.7. The largest absolute Gasteiger partial charge is 0.298 e. The molecule has 0 aliphatic carbocycles. The summed E-state index contributed by atoms with van der Waals surface area (Å²) >= 11 is 12.1. The number of halogens is 4. The Kier molecular flexibility index (Phi) is 6.69. The zero-order valence-electron chi connectivity index (χ0n) is 16.8. The molecule has 4 aromatic rings.